The Morgan fingerprint density at radius 2 is 2.05 bits per heavy atom. The predicted octanol–water partition coefficient (Wildman–Crippen LogP) is 5.19. The number of ether oxygens (including phenoxy) is 1. The molecule has 1 aliphatic rings. The third-order valence-corrected chi connectivity index (χ3v) is 4.32. The minimum absolute atomic E-state index is 0.104. The van der Waals surface area contributed by atoms with E-state index in [0.717, 1.165) is 37.7 Å². The smallest absolute Gasteiger partial charge is 0.334 e. The lowest BCUT2D eigenvalue weighted by Gasteiger charge is -2.25. The summed E-state index contributed by atoms with van der Waals surface area (Å²) in [5, 5.41) is 0. The molecule has 1 rings (SSSR count). The van der Waals surface area contributed by atoms with Gasteiger partial charge in [-0.25, -0.2) is 4.79 Å². The normalized spacial score (nSPS) is 24.0. The van der Waals surface area contributed by atoms with E-state index in [-0.39, 0.29) is 11.6 Å². The minimum Gasteiger partial charge on any atom is -0.451 e. The van der Waals surface area contributed by atoms with Crippen molar-refractivity contribution in [2.45, 2.75) is 78.2 Å². The van der Waals surface area contributed by atoms with Crippen LogP contribution in [-0.4, -0.2) is 11.6 Å². The molecule has 0 spiro atoms. The van der Waals surface area contributed by atoms with Crippen molar-refractivity contribution in [1.29, 1.82) is 0 Å². The van der Waals surface area contributed by atoms with Crippen LogP contribution in [0.1, 0.15) is 72.6 Å². The van der Waals surface area contributed by atoms with Crippen molar-refractivity contribution < 1.29 is 9.53 Å². The van der Waals surface area contributed by atoms with Crippen LogP contribution in [0.2, 0.25) is 0 Å². The molecule has 1 aliphatic heterocycles. The standard InChI is InChI=1S/C18H30O2/c1-5-9-11-15(6-2)12-10-13-18(8-4)14-16(7-3)17(19)20-18/h9,11,14-15H,5-8,10,12-13H2,1-4H3/b11-9+/t15-,18-/m1/s1. The molecular weight excluding hydrogens is 248 g/mol. The highest BCUT2D eigenvalue weighted by atomic mass is 16.6. The summed E-state index contributed by atoms with van der Waals surface area (Å²) in [7, 11) is 0. The fraction of sp³-hybridized carbons (Fsp3) is 0.722. The largest absolute Gasteiger partial charge is 0.451 e. The Kier molecular flexibility index (Phi) is 7.04. The number of rotatable bonds is 9. The first-order valence-electron chi connectivity index (χ1n) is 8.22. The SMILES string of the molecule is CC/C=C/[C@@H](CC)CCC[C@]1(CC)C=C(CC)C(=O)O1. The van der Waals surface area contributed by atoms with Gasteiger partial charge in [-0.1, -0.05) is 39.8 Å². The van der Waals surface area contributed by atoms with Crippen LogP contribution in [-0.2, 0) is 9.53 Å². The van der Waals surface area contributed by atoms with Gasteiger partial charge in [0.25, 0.3) is 0 Å². The van der Waals surface area contributed by atoms with Crippen molar-refractivity contribution in [3.63, 3.8) is 0 Å². The minimum atomic E-state index is -0.324. The highest BCUT2D eigenvalue weighted by Crippen LogP contribution is 2.34. The van der Waals surface area contributed by atoms with Crippen LogP contribution >= 0.6 is 0 Å². The van der Waals surface area contributed by atoms with Crippen LogP contribution in [0.3, 0.4) is 0 Å². The lowest BCUT2D eigenvalue weighted by Crippen LogP contribution is -2.27. The Balaban J connectivity index is 2.52. The Morgan fingerprint density at radius 3 is 2.55 bits per heavy atom. The zero-order valence-electron chi connectivity index (χ0n) is 13.6. The molecule has 0 saturated carbocycles. The molecule has 0 fully saturated rings. The Morgan fingerprint density at radius 1 is 1.30 bits per heavy atom. The summed E-state index contributed by atoms with van der Waals surface area (Å²) >= 11 is 0. The van der Waals surface area contributed by atoms with Crippen molar-refractivity contribution in [2.75, 3.05) is 0 Å². The molecule has 20 heavy (non-hydrogen) atoms. The van der Waals surface area contributed by atoms with E-state index in [4.69, 9.17) is 4.74 Å². The topological polar surface area (TPSA) is 26.3 Å². The lowest BCUT2D eigenvalue weighted by molar-refractivity contribution is -0.147. The fourth-order valence-electron chi connectivity index (χ4n) is 2.81. The molecule has 0 unspecified atom stereocenters. The zero-order valence-corrected chi connectivity index (χ0v) is 13.6. The van der Waals surface area contributed by atoms with Gasteiger partial charge < -0.3 is 4.74 Å². The van der Waals surface area contributed by atoms with Crippen LogP contribution < -0.4 is 0 Å². The summed E-state index contributed by atoms with van der Waals surface area (Å²) in [5.41, 5.74) is 0.527. The third-order valence-electron chi connectivity index (χ3n) is 4.32. The number of cyclic esters (lactones) is 1. The second-order valence-corrected chi connectivity index (χ2v) is 5.73. The number of hydrogen-bond donors (Lipinski definition) is 0. The van der Waals surface area contributed by atoms with Crippen LogP contribution in [0.5, 0.6) is 0 Å². The number of carbonyl (C=O) groups excluding carboxylic acids is 1. The van der Waals surface area contributed by atoms with Crippen molar-refractivity contribution in [2.24, 2.45) is 5.92 Å². The van der Waals surface area contributed by atoms with Gasteiger partial charge in [0.2, 0.25) is 0 Å². The average Bonchev–Trinajstić information content (AvgIpc) is 2.79. The van der Waals surface area contributed by atoms with Crippen LogP contribution in [0, 0.1) is 5.92 Å². The molecule has 0 N–H and O–H groups in total. The summed E-state index contributed by atoms with van der Waals surface area (Å²) in [6.07, 6.45) is 13.9. The van der Waals surface area contributed by atoms with Crippen LogP contribution in [0.4, 0.5) is 0 Å². The molecule has 0 saturated heterocycles. The second kappa shape index (κ2) is 8.28. The summed E-state index contributed by atoms with van der Waals surface area (Å²) in [5.74, 6) is 0.558. The van der Waals surface area contributed by atoms with Crippen molar-refractivity contribution in [1.82, 2.24) is 0 Å². The second-order valence-electron chi connectivity index (χ2n) is 5.73. The van der Waals surface area contributed by atoms with Gasteiger partial charge in [-0.05, 0) is 56.9 Å². The Bertz CT molecular complexity index is 368. The van der Waals surface area contributed by atoms with E-state index in [2.05, 4.69) is 39.0 Å². The van der Waals surface area contributed by atoms with E-state index in [1.54, 1.807) is 0 Å². The molecular formula is C18H30O2. The maximum absolute atomic E-state index is 11.8. The Labute approximate surface area is 124 Å². The Hall–Kier alpha value is -1.05. The molecule has 0 radical (unpaired) electrons. The third kappa shape index (κ3) is 4.50. The van der Waals surface area contributed by atoms with Gasteiger partial charge in [0.05, 0.1) is 0 Å². The number of hydrogen-bond acceptors (Lipinski definition) is 2. The molecule has 2 heteroatoms. The van der Waals surface area contributed by atoms with E-state index < -0.39 is 0 Å². The van der Waals surface area contributed by atoms with Crippen molar-refractivity contribution in [3.05, 3.63) is 23.8 Å². The lowest BCUT2D eigenvalue weighted by atomic mass is 9.89. The van der Waals surface area contributed by atoms with Crippen molar-refractivity contribution >= 4 is 5.97 Å². The highest BCUT2D eigenvalue weighted by molar-refractivity contribution is 5.91. The highest BCUT2D eigenvalue weighted by Gasteiger charge is 2.37. The van der Waals surface area contributed by atoms with Gasteiger partial charge in [-0.2, -0.15) is 0 Å². The molecule has 0 amide bonds. The fourth-order valence-corrected chi connectivity index (χ4v) is 2.81. The molecule has 0 bridgehead atoms. The molecule has 1 heterocycles. The van der Waals surface area contributed by atoms with E-state index in [9.17, 15) is 4.79 Å². The quantitative estimate of drug-likeness (QED) is 0.428. The molecule has 2 atom stereocenters. The van der Waals surface area contributed by atoms with Gasteiger partial charge >= 0.3 is 5.97 Å². The van der Waals surface area contributed by atoms with Gasteiger partial charge in [0.15, 0.2) is 0 Å². The van der Waals surface area contributed by atoms with Crippen molar-refractivity contribution in [3.8, 4) is 0 Å². The van der Waals surface area contributed by atoms with Gasteiger partial charge in [-0.15, -0.1) is 0 Å². The van der Waals surface area contributed by atoms with E-state index in [1.165, 1.54) is 12.8 Å². The van der Waals surface area contributed by atoms with Crippen LogP contribution in [0.25, 0.3) is 0 Å². The monoisotopic (exact) mass is 278 g/mol. The summed E-state index contributed by atoms with van der Waals surface area (Å²) < 4.78 is 5.65. The molecule has 0 aromatic carbocycles. The molecule has 0 aromatic rings. The van der Waals surface area contributed by atoms with Gasteiger partial charge in [0.1, 0.15) is 5.60 Å². The maximum Gasteiger partial charge on any atom is 0.334 e. The molecule has 2 nitrogen and oxygen atoms in total. The summed E-state index contributed by atoms with van der Waals surface area (Å²) in [4.78, 5) is 11.8. The van der Waals surface area contributed by atoms with Gasteiger partial charge in [-0.3, -0.25) is 0 Å². The van der Waals surface area contributed by atoms with E-state index >= 15 is 0 Å². The number of allylic oxidation sites excluding steroid dienone is 2. The summed E-state index contributed by atoms with van der Waals surface area (Å²) in [6, 6.07) is 0. The van der Waals surface area contributed by atoms with E-state index in [0.29, 0.717) is 5.92 Å². The number of carbonyl (C=O) groups is 1. The first-order valence-corrected chi connectivity index (χ1v) is 8.22. The first-order chi connectivity index (χ1) is 9.60. The van der Waals surface area contributed by atoms with Crippen LogP contribution in [0.15, 0.2) is 23.8 Å². The van der Waals surface area contributed by atoms with E-state index in [1.807, 2.05) is 6.92 Å². The first kappa shape index (κ1) is 17.0. The number of esters is 1. The van der Waals surface area contributed by atoms with Gasteiger partial charge in [0, 0.05) is 5.57 Å². The molecule has 114 valence electrons. The average molecular weight is 278 g/mol. The molecule has 0 aliphatic carbocycles. The predicted molar refractivity (Wildman–Crippen MR) is 84.6 cm³/mol. The molecule has 0 aromatic heterocycles. The summed E-state index contributed by atoms with van der Waals surface area (Å²) in [6.45, 7) is 8.54. The maximum atomic E-state index is 11.8. The zero-order chi connectivity index (χ0) is 15.0.